The van der Waals surface area contributed by atoms with Crippen LogP contribution in [0.3, 0.4) is 0 Å². The molecule has 0 unspecified atom stereocenters. The van der Waals surface area contributed by atoms with Crippen molar-refractivity contribution in [3.8, 4) is 11.5 Å². The number of nitrogens with zero attached hydrogens (tertiary/aromatic N) is 2. The van der Waals surface area contributed by atoms with Crippen LogP contribution in [0.1, 0.15) is 12.8 Å². The number of benzene rings is 1. The highest BCUT2D eigenvalue weighted by Crippen LogP contribution is 2.39. The van der Waals surface area contributed by atoms with Crippen molar-refractivity contribution in [2.45, 2.75) is 19.0 Å². The van der Waals surface area contributed by atoms with Gasteiger partial charge in [0.25, 0.3) is 5.91 Å². The lowest BCUT2D eigenvalue weighted by atomic mass is 9.96. The molecule has 4 rings (SSSR count). The van der Waals surface area contributed by atoms with E-state index in [2.05, 4.69) is 15.6 Å². The van der Waals surface area contributed by atoms with E-state index in [1.165, 1.54) is 7.11 Å². The lowest BCUT2D eigenvalue weighted by molar-refractivity contribution is -0.179. The highest BCUT2D eigenvalue weighted by Gasteiger charge is 2.41. The largest absolute Gasteiger partial charge is 0.495 e. The molecule has 2 aromatic rings. The van der Waals surface area contributed by atoms with Crippen LogP contribution in [0, 0.1) is 5.92 Å². The molecule has 1 amide bonds. The van der Waals surface area contributed by atoms with Crippen LogP contribution < -0.4 is 25.0 Å². The Kier molecular flexibility index (Phi) is 5.31. The lowest BCUT2D eigenvalue weighted by Crippen LogP contribution is -2.39. The van der Waals surface area contributed by atoms with E-state index >= 15 is 0 Å². The zero-order chi connectivity index (χ0) is 21.3. The van der Waals surface area contributed by atoms with E-state index in [1.807, 2.05) is 17.0 Å². The summed E-state index contributed by atoms with van der Waals surface area (Å²) in [4.78, 5) is 17.4. The van der Waals surface area contributed by atoms with Gasteiger partial charge in [-0.3, -0.25) is 4.79 Å². The first-order chi connectivity index (χ1) is 14.3. The predicted octanol–water partition coefficient (Wildman–Crippen LogP) is 3.94. The normalized spacial score (nSPS) is 17.1. The van der Waals surface area contributed by atoms with Crippen molar-refractivity contribution < 1.29 is 27.4 Å². The molecule has 0 bridgehead atoms. The summed E-state index contributed by atoms with van der Waals surface area (Å²) >= 11 is 0. The Hall–Kier alpha value is -3.17. The third kappa shape index (κ3) is 4.22. The van der Waals surface area contributed by atoms with Gasteiger partial charge in [-0.25, -0.2) is 4.98 Å². The molecule has 1 aromatic heterocycles. The van der Waals surface area contributed by atoms with Gasteiger partial charge in [-0.15, -0.1) is 0 Å². The Balaban J connectivity index is 1.47. The van der Waals surface area contributed by atoms with E-state index in [-0.39, 0.29) is 25.4 Å². The number of anilines is 4. The van der Waals surface area contributed by atoms with Crippen LogP contribution in [0.5, 0.6) is 11.5 Å². The molecule has 1 fully saturated rings. The van der Waals surface area contributed by atoms with Gasteiger partial charge >= 0.3 is 6.18 Å². The van der Waals surface area contributed by atoms with Crippen LogP contribution in [0.4, 0.5) is 36.1 Å². The van der Waals surface area contributed by atoms with Gasteiger partial charge in [-0.2, -0.15) is 13.2 Å². The Bertz CT molecular complexity index is 943. The van der Waals surface area contributed by atoms with Crippen LogP contribution in [-0.2, 0) is 4.79 Å². The Morgan fingerprint density at radius 1 is 1.23 bits per heavy atom. The molecule has 3 heterocycles. The van der Waals surface area contributed by atoms with Gasteiger partial charge in [0.1, 0.15) is 5.75 Å². The first kappa shape index (κ1) is 20.1. The molecular weight excluding hydrogens is 401 g/mol. The maximum Gasteiger partial charge on any atom is 0.391 e. The van der Waals surface area contributed by atoms with Gasteiger partial charge in [-0.05, 0) is 25.0 Å². The Labute approximate surface area is 171 Å². The standard InChI is InChI=1S/C20H21F3N4O3/c1-29-16-8-13(25-14-9-17-19(24-10-14)26-18(28)11-30-17)2-3-15(16)27-6-4-12(5-7-27)20(21,22)23/h2-3,8-10,12,25H,4-7,11H2,1H3,(H,24,26,28). The molecule has 160 valence electrons. The van der Waals surface area contributed by atoms with E-state index in [9.17, 15) is 18.0 Å². The number of aromatic nitrogens is 1. The highest BCUT2D eigenvalue weighted by atomic mass is 19.4. The monoisotopic (exact) mass is 422 g/mol. The second-order valence-corrected chi connectivity index (χ2v) is 7.22. The topological polar surface area (TPSA) is 75.7 Å². The molecule has 1 aromatic carbocycles. The van der Waals surface area contributed by atoms with Gasteiger partial charge < -0.3 is 25.0 Å². The van der Waals surface area contributed by atoms with Crippen LogP contribution in [-0.4, -0.2) is 43.9 Å². The Morgan fingerprint density at radius 2 is 2.00 bits per heavy atom. The van der Waals surface area contributed by atoms with Crippen molar-refractivity contribution in [2.24, 2.45) is 5.92 Å². The number of methoxy groups -OCH3 is 1. The number of carbonyl (C=O) groups excluding carboxylic acids is 1. The van der Waals surface area contributed by atoms with Gasteiger partial charge in [0, 0.05) is 30.9 Å². The van der Waals surface area contributed by atoms with Gasteiger partial charge in [-0.1, -0.05) is 0 Å². The predicted molar refractivity (Wildman–Crippen MR) is 106 cm³/mol. The average Bonchev–Trinajstić information content (AvgIpc) is 2.73. The van der Waals surface area contributed by atoms with Gasteiger partial charge in [0.2, 0.25) is 0 Å². The zero-order valence-corrected chi connectivity index (χ0v) is 16.3. The van der Waals surface area contributed by atoms with Crippen LogP contribution in [0.15, 0.2) is 30.5 Å². The lowest BCUT2D eigenvalue weighted by Gasteiger charge is -2.35. The summed E-state index contributed by atoms with van der Waals surface area (Å²) in [6.07, 6.45) is -2.43. The number of hydrogen-bond donors (Lipinski definition) is 2. The first-order valence-electron chi connectivity index (χ1n) is 9.53. The van der Waals surface area contributed by atoms with Crippen molar-refractivity contribution in [1.82, 2.24) is 4.98 Å². The zero-order valence-electron chi connectivity index (χ0n) is 16.3. The van der Waals surface area contributed by atoms with Crippen LogP contribution in [0.2, 0.25) is 0 Å². The molecule has 10 heteroatoms. The van der Waals surface area contributed by atoms with Crippen molar-refractivity contribution in [1.29, 1.82) is 0 Å². The summed E-state index contributed by atoms with van der Waals surface area (Å²) in [5, 5.41) is 5.82. The Morgan fingerprint density at radius 3 is 2.70 bits per heavy atom. The number of halogens is 3. The SMILES string of the molecule is COc1cc(Nc2cnc3c(c2)OCC(=O)N3)ccc1N1CCC(C(F)(F)F)CC1. The van der Waals surface area contributed by atoms with Crippen LogP contribution >= 0.6 is 0 Å². The molecule has 30 heavy (non-hydrogen) atoms. The third-order valence-corrected chi connectivity index (χ3v) is 5.24. The molecule has 7 nitrogen and oxygen atoms in total. The summed E-state index contributed by atoms with van der Waals surface area (Å²) in [5.41, 5.74) is 2.14. The molecule has 0 atom stereocenters. The molecule has 0 radical (unpaired) electrons. The molecule has 0 saturated carbocycles. The molecule has 0 aliphatic carbocycles. The number of ether oxygens (including phenoxy) is 2. The van der Waals surface area contributed by atoms with Crippen LogP contribution in [0.25, 0.3) is 0 Å². The van der Waals surface area contributed by atoms with Crippen molar-refractivity contribution in [3.63, 3.8) is 0 Å². The number of nitrogens with one attached hydrogen (secondary N) is 2. The molecule has 2 aliphatic rings. The van der Waals surface area contributed by atoms with Crippen molar-refractivity contribution >= 4 is 28.8 Å². The number of rotatable bonds is 4. The maximum atomic E-state index is 12.9. The highest BCUT2D eigenvalue weighted by molar-refractivity contribution is 5.94. The average molecular weight is 422 g/mol. The van der Waals surface area contributed by atoms with E-state index in [0.29, 0.717) is 36.1 Å². The minimum Gasteiger partial charge on any atom is -0.495 e. The molecule has 2 N–H and O–H groups in total. The number of fused-ring (bicyclic) bond motifs is 1. The van der Waals surface area contributed by atoms with Gasteiger partial charge in [0.15, 0.2) is 18.2 Å². The summed E-state index contributed by atoms with van der Waals surface area (Å²) < 4.78 is 49.6. The maximum absolute atomic E-state index is 12.9. The third-order valence-electron chi connectivity index (χ3n) is 5.24. The molecule has 2 aliphatic heterocycles. The van der Waals surface area contributed by atoms with E-state index in [1.54, 1.807) is 18.3 Å². The van der Waals surface area contributed by atoms with Crippen molar-refractivity contribution in [3.05, 3.63) is 30.5 Å². The number of hydrogen-bond acceptors (Lipinski definition) is 6. The first-order valence-corrected chi connectivity index (χ1v) is 9.53. The minimum absolute atomic E-state index is 0.0638. The smallest absolute Gasteiger partial charge is 0.391 e. The number of piperidine rings is 1. The van der Waals surface area contributed by atoms with Crippen molar-refractivity contribution in [2.75, 3.05) is 42.3 Å². The summed E-state index contributed by atoms with van der Waals surface area (Å²) in [6.45, 7) is 0.585. The number of alkyl halides is 3. The number of carbonyl (C=O) groups is 1. The second kappa shape index (κ2) is 7.92. The minimum atomic E-state index is -4.14. The fourth-order valence-corrected chi connectivity index (χ4v) is 3.66. The van der Waals surface area contributed by atoms with E-state index in [4.69, 9.17) is 9.47 Å². The molecule has 1 saturated heterocycles. The molecular formula is C20H21F3N4O3. The fourth-order valence-electron chi connectivity index (χ4n) is 3.66. The van der Waals surface area contributed by atoms with E-state index < -0.39 is 12.1 Å². The van der Waals surface area contributed by atoms with E-state index in [0.717, 1.165) is 11.4 Å². The second-order valence-electron chi connectivity index (χ2n) is 7.22. The molecule has 0 spiro atoms. The summed E-state index contributed by atoms with van der Waals surface area (Å²) in [5.74, 6) is -0.0953. The van der Waals surface area contributed by atoms with Gasteiger partial charge in [0.05, 0.1) is 30.6 Å². The quantitative estimate of drug-likeness (QED) is 0.777. The summed E-state index contributed by atoms with van der Waals surface area (Å²) in [7, 11) is 1.53. The summed E-state index contributed by atoms with van der Waals surface area (Å²) in [6, 6.07) is 7.17. The number of pyridine rings is 1. The fraction of sp³-hybridized carbons (Fsp3) is 0.400. The number of amides is 1.